The van der Waals surface area contributed by atoms with Crippen LogP contribution in [0.5, 0.6) is 0 Å². The van der Waals surface area contributed by atoms with Gasteiger partial charge in [-0.05, 0) is 37.9 Å². The largest absolute Gasteiger partial charge is 0.392 e. The van der Waals surface area contributed by atoms with E-state index in [9.17, 15) is 9.90 Å². The molecule has 1 aromatic heterocycles. The van der Waals surface area contributed by atoms with Crippen LogP contribution in [0.15, 0.2) is 29.6 Å². The summed E-state index contributed by atoms with van der Waals surface area (Å²) >= 11 is 1.58. The fraction of sp³-hybridized carbons (Fsp3) is 0.412. The van der Waals surface area contributed by atoms with E-state index in [2.05, 4.69) is 9.88 Å². The first-order valence-electron chi connectivity index (χ1n) is 7.74. The summed E-state index contributed by atoms with van der Waals surface area (Å²) in [6, 6.07) is 7.17. The molecular formula is C17H21N3O2S. The summed E-state index contributed by atoms with van der Waals surface area (Å²) in [5.74, 6) is 0.0689. The van der Waals surface area contributed by atoms with Crippen LogP contribution in [0, 0.1) is 5.92 Å². The van der Waals surface area contributed by atoms with Gasteiger partial charge >= 0.3 is 0 Å². The third kappa shape index (κ3) is 4.16. The Balaban J connectivity index is 1.61. The summed E-state index contributed by atoms with van der Waals surface area (Å²) in [6.45, 7) is 1.41. The summed E-state index contributed by atoms with van der Waals surface area (Å²) in [5, 5.41) is 13.0. The Kier molecular flexibility index (Phi) is 4.75. The topological polar surface area (TPSA) is 79.5 Å². The Labute approximate surface area is 139 Å². The number of benzene rings is 1. The van der Waals surface area contributed by atoms with E-state index >= 15 is 0 Å². The average molecular weight is 331 g/mol. The molecular weight excluding hydrogens is 310 g/mol. The molecule has 2 aromatic rings. The number of amides is 1. The van der Waals surface area contributed by atoms with Crippen molar-refractivity contribution in [3.05, 3.63) is 40.9 Å². The minimum Gasteiger partial charge on any atom is -0.392 e. The van der Waals surface area contributed by atoms with Crippen molar-refractivity contribution in [2.24, 2.45) is 11.7 Å². The highest BCUT2D eigenvalue weighted by Gasteiger charge is 2.30. The normalized spacial score (nSPS) is 15.8. The molecule has 1 aliphatic carbocycles. The number of thiazole rings is 1. The van der Waals surface area contributed by atoms with E-state index in [0.717, 1.165) is 35.7 Å². The number of aliphatic hydroxyl groups is 1. The van der Waals surface area contributed by atoms with Gasteiger partial charge in [0.1, 0.15) is 5.01 Å². The highest BCUT2D eigenvalue weighted by molar-refractivity contribution is 7.13. The van der Waals surface area contributed by atoms with Crippen molar-refractivity contribution in [2.45, 2.75) is 25.5 Å². The first-order chi connectivity index (χ1) is 11.0. The Morgan fingerprint density at radius 1 is 1.43 bits per heavy atom. The molecule has 122 valence electrons. The Morgan fingerprint density at radius 3 is 2.74 bits per heavy atom. The highest BCUT2D eigenvalue weighted by Crippen LogP contribution is 2.33. The molecule has 0 saturated heterocycles. The highest BCUT2D eigenvalue weighted by atomic mass is 32.1. The van der Waals surface area contributed by atoms with E-state index in [0.29, 0.717) is 18.0 Å². The number of primary amides is 1. The predicted molar refractivity (Wildman–Crippen MR) is 91.1 cm³/mol. The lowest BCUT2D eigenvalue weighted by Gasteiger charge is -2.19. The Bertz CT molecular complexity index is 679. The van der Waals surface area contributed by atoms with Crippen LogP contribution in [0.2, 0.25) is 0 Å². The van der Waals surface area contributed by atoms with Gasteiger partial charge in [-0.1, -0.05) is 12.1 Å². The third-order valence-electron chi connectivity index (χ3n) is 4.06. The second-order valence-electron chi connectivity index (χ2n) is 6.19. The fourth-order valence-electron chi connectivity index (χ4n) is 2.58. The van der Waals surface area contributed by atoms with Crippen LogP contribution >= 0.6 is 11.3 Å². The Morgan fingerprint density at radius 2 is 2.13 bits per heavy atom. The number of nitrogens with zero attached hydrogens (tertiary/aromatic N) is 2. The zero-order valence-corrected chi connectivity index (χ0v) is 13.9. The van der Waals surface area contributed by atoms with Gasteiger partial charge in [-0.3, -0.25) is 9.69 Å². The SMILES string of the molecule is CN(Cc1csc(-c2ccc(C(N)=O)cc2)n1)CC(O)C1CC1. The zero-order chi connectivity index (χ0) is 16.4. The van der Waals surface area contributed by atoms with Crippen LogP contribution in [0.25, 0.3) is 10.6 Å². The molecule has 1 heterocycles. The lowest BCUT2D eigenvalue weighted by Crippen LogP contribution is -2.30. The third-order valence-corrected chi connectivity index (χ3v) is 5.01. The molecule has 0 bridgehead atoms. The van der Waals surface area contributed by atoms with Gasteiger partial charge in [-0.2, -0.15) is 0 Å². The van der Waals surface area contributed by atoms with Crippen LogP contribution < -0.4 is 5.73 Å². The standard InChI is InChI=1S/C17H21N3O2S/c1-20(9-15(21)11-2-3-11)8-14-10-23-17(19-14)13-6-4-12(5-7-13)16(18)22/h4-7,10-11,15,21H,2-3,8-9H2,1H3,(H2,18,22). The zero-order valence-electron chi connectivity index (χ0n) is 13.1. The summed E-state index contributed by atoms with van der Waals surface area (Å²) < 4.78 is 0. The van der Waals surface area contributed by atoms with Gasteiger partial charge in [0.05, 0.1) is 11.8 Å². The number of carbonyl (C=O) groups is 1. The molecule has 1 aromatic carbocycles. The number of aromatic nitrogens is 1. The molecule has 1 unspecified atom stereocenters. The van der Waals surface area contributed by atoms with Crippen LogP contribution in [-0.4, -0.2) is 40.6 Å². The van der Waals surface area contributed by atoms with Gasteiger partial charge < -0.3 is 10.8 Å². The number of likely N-dealkylation sites (N-methyl/N-ethyl adjacent to an activating group) is 1. The van der Waals surface area contributed by atoms with Gasteiger partial charge in [0.25, 0.3) is 0 Å². The van der Waals surface area contributed by atoms with E-state index < -0.39 is 5.91 Å². The van der Waals surface area contributed by atoms with Crippen molar-refractivity contribution in [3.63, 3.8) is 0 Å². The molecule has 1 saturated carbocycles. The number of carbonyl (C=O) groups excluding carboxylic acids is 1. The summed E-state index contributed by atoms with van der Waals surface area (Å²) in [4.78, 5) is 17.8. The van der Waals surface area contributed by atoms with Gasteiger partial charge in [0.15, 0.2) is 0 Å². The summed E-state index contributed by atoms with van der Waals surface area (Å²) in [6.07, 6.45) is 2.08. The van der Waals surface area contributed by atoms with E-state index in [1.165, 1.54) is 0 Å². The van der Waals surface area contributed by atoms with Gasteiger partial charge in [-0.15, -0.1) is 11.3 Å². The molecule has 23 heavy (non-hydrogen) atoms. The van der Waals surface area contributed by atoms with Crippen LogP contribution in [-0.2, 0) is 6.54 Å². The van der Waals surface area contributed by atoms with E-state index in [1.54, 1.807) is 23.5 Å². The van der Waals surface area contributed by atoms with Crippen LogP contribution in [0.1, 0.15) is 28.9 Å². The minimum atomic E-state index is -0.424. The number of hydrogen-bond donors (Lipinski definition) is 2. The second kappa shape index (κ2) is 6.78. The lowest BCUT2D eigenvalue weighted by atomic mass is 10.1. The number of aliphatic hydroxyl groups excluding tert-OH is 1. The summed E-state index contributed by atoms with van der Waals surface area (Å²) in [7, 11) is 2.01. The Hall–Kier alpha value is -1.76. The van der Waals surface area contributed by atoms with Crippen molar-refractivity contribution >= 4 is 17.2 Å². The molecule has 0 aliphatic heterocycles. The predicted octanol–water partition coefficient (Wildman–Crippen LogP) is 2.11. The molecule has 1 fully saturated rings. The van der Waals surface area contributed by atoms with Crippen molar-refractivity contribution < 1.29 is 9.90 Å². The maximum absolute atomic E-state index is 11.1. The number of rotatable bonds is 7. The maximum atomic E-state index is 11.1. The number of hydrogen-bond acceptors (Lipinski definition) is 5. The van der Waals surface area contributed by atoms with Crippen molar-refractivity contribution in [1.82, 2.24) is 9.88 Å². The number of nitrogens with two attached hydrogens (primary N) is 1. The van der Waals surface area contributed by atoms with Crippen molar-refractivity contribution in [2.75, 3.05) is 13.6 Å². The molecule has 3 N–H and O–H groups in total. The monoisotopic (exact) mass is 331 g/mol. The molecule has 0 spiro atoms. The average Bonchev–Trinajstić information content (AvgIpc) is 3.28. The van der Waals surface area contributed by atoms with E-state index in [-0.39, 0.29) is 6.10 Å². The molecule has 6 heteroatoms. The van der Waals surface area contributed by atoms with Crippen LogP contribution in [0.3, 0.4) is 0 Å². The van der Waals surface area contributed by atoms with Gasteiger partial charge in [0.2, 0.25) is 5.91 Å². The fourth-order valence-corrected chi connectivity index (χ4v) is 3.40. The molecule has 5 nitrogen and oxygen atoms in total. The van der Waals surface area contributed by atoms with Gasteiger partial charge in [0, 0.05) is 29.6 Å². The van der Waals surface area contributed by atoms with Gasteiger partial charge in [-0.25, -0.2) is 4.98 Å². The molecule has 1 amide bonds. The van der Waals surface area contributed by atoms with Crippen molar-refractivity contribution in [1.29, 1.82) is 0 Å². The molecule has 1 aliphatic rings. The summed E-state index contributed by atoms with van der Waals surface area (Å²) in [5.41, 5.74) is 7.72. The van der Waals surface area contributed by atoms with Crippen LogP contribution in [0.4, 0.5) is 0 Å². The lowest BCUT2D eigenvalue weighted by molar-refractivity contribution is 0.0999. The molecule has 1 atom stereocenters. The second-order valence-corrected chi connectivity index (χ2v) is 7.05. The quantitative estimate of drug-likeness (QED) is 0.814. The first-order valence-corrected chi connectivity index (χ1v) is 8.62. The maximum Gasteiger partial charge on any atom is 0.248 e. The minimum absolute atomic E-state index is 0.223. The van der Waals surface area contributed by atoms with E-state index in [1.807, 2.05) is 24.6 Å². The first kappa shape index (κ1) is 16.1. The van der Waals surface area contributed by atoms with Crippen molar-refractivity contribution in [3.8, 4) is 10.6 Å². The molecule has 3 rings (SSSR count). The van der Waals surface area contributed by atoms with E-state index in [4.69, 9.17) is 5.73 Å². The molecule has 0 radical (unpaired) electrons. The smallest absolute Gasteiger partial charge is 0.248 e.